The number of hydrogen-bond donors (Lipinski definition) is 13. The lowest BCUT2D eigenvalue weighted by atomic mass is 10.0. The minimum atomic E-state index is -1.65. The molecule has 0 saturated carbocycles. The fraction of sp³-hybridized carbons (Fsp3) is 0.415. The number of carbonyl (C=O) groups is 10. The fourth-order valence-corrected chi connectivity index (χ4v) is 6.21. The number of rotatable bonds is 26. The van der Waals surface area contributed by atoms with Gasteiger partial charge < -0.3 is 68.8 Å². The van der Waals surface area contributed by atoms with Crippen molar-refractivity contribution in [1.29, 1.82) is 0 Å². The summed E-state index contributed by atoms with van der Waals surface area (Å²) in [5.41, 5.74) is 13.1. The van der Waals surface area contributed by atoms with Crippen LogP contribution in [0.5, 0.6) is 5.75 Å². The lowest BCUT2D eigenvalue weighted by Crippen LogP contribution is -2.59. The van der Waals surface area contributed by atoms with Gasteiger partial charge in [0.15, 0.2) is 0 Å². The summed E-state index contributed by atoms with van der Waals surface area (Å²) < 4.78 is 0. The smallest absolute Gasteiger partial charge is 0.325 e. The minimum absolute atomic E-state index is 0.0129. The van der Waals surface area contributed by atoms with Crippen LogP contribution in [-0.2, 0) is 60.8 Å². The van der Waals surface area contributed by atoms with Crippen LogP contribution in [0.4, 0.5) is 0 Å². The van der Waals surface area contributed by atoms with Crippen molar-refractivity contribution in [2.24, 2.45) is 11.5 Å². The molecule has 23 heteroatoms. The number of nitrogens with one attached hydrogen (secondary N) is 7. The van der Waals surface area contributed by atoms with Crippen LogP contribution in [-0.4, -0.2) is 127 Å². The molecule has 0 unspecified atom stereocenters. The lowest BCUT2D eigenvalue weighted by Gasteiger charge is -2.26. The van der Waals surface area contributed by atoms with E-state index in [1.807, 2.05) is 0 Å². The number of aliphatic carboxylic acids is 3. The highest BCUT2D eigenvalue weighted by Gasteiger charge is 2.33. The van der Waals surface area contributed by atoms with E-state index >= 15 is 0 Å². The summed E-state index contributed by atoms with van der Waals surface area (Å²) in [6, 6.07) is 2.56. The van der Waals surface area contributed by atoms with Crippen LogP contribution in [0, 0.1) is 0 Å². The van der Waals surface area contributed by atoms with Crippen molar-refractivity contribution >= 4 is 70.2 Å². The highest BCUT2D eigenvalue weighted by molar-refractivity contribution is 5.97. The van der Waals surface area contributed by atoms with Gasteiger partial charge in [0.2, 0.25) is 41.4 Å². The normalized spacial score (nSPS) is 14.2. The van der Waals surface area contributed by atoms with Crippen LogP contribution in [0.1, 0.15) is 63.5 Å². The second kappa shape index (κ2) is 24.2. The molecule has 7 amide bonds. The number of benzene rings is 2. The van der Waals surface area contributed by atoms with E-state index in [2.05, 4.69) is 36.9 Å². The fourth-order valence-electron chi connectivity index (χ4n) is 6.21. The van der Waals surface area contributed by atoms with E-state index in [9.17, 15) is 68.4 Å². The number of primary amides is 1. The second-order valence-electron chi connectivity index (χ2n) is 15.0. The van der Waals surface area contributed by atoms with E-state index in [0.717, 1.165) is 6.92 Å². The van der Waals surface area contributed by atoms with Crippen molar-refractivity contribution in [2.45, 2.75) is 108 Å². The van der Waals surface area contributed by atoms with Crippen LogP contribution in [0.3, 0.4) is 0 Å². The van der Waals surface area contributed by atoms with Gasteiger partial charge in [0.1, 0.15) is 42.0 Å². The quantitative estimate of drug-likeness (QED) is 0.0415. The first-order chi connectivity index (χ1) is 30.1. The zero-order valence-electron chi connectivity index (χ0n) is 34.9. The predicted molar refractivity (Wildman–Crippen MR) is 225 cm³/mol. The molecule has 23 nitrogen and oxygen atoms in total. The Labute approximate surface area is 365 Å². The molecular weight excluding hydrogens is 842 g/mol. The molecule has 15 N–H and O–H groups in total. The van der Waals surface area contributed by atoms with Crippen LogP contribution in [0.2, 0.25) is 0 Å². The largest absolute Gasteiger partial charge is 0.508 e. The molecule has 0 aliphatic heterocycles. The molecule has 0 spiro atoms. The van der Waals surface area contributed by atoms with Gasteiger partial charge in [0.05, 0.1) is 6.04 Å². The number of phenols is 1. The number of hydrogen-bond acceptors (Lipinski definition) is 12. The van der Waals surface area contributed by atoms with Crippen LogP contribution >= 0.6 is 0 Å². The highest BCUT2D eigenvalue weighted by atomic mass is 16.4. The summed E-state index contributed by atoms with van der Waals surface area (Å²) in [4.78, 5) is 130. The summed E-state index contributed by atoms with van der Waals surface area (Å²) in [6.45, 7) is 2.36. The Morgan fingerprint density at radius 2 is 1.05 bits per heavy atom. The summed E-state index contributed by atoms with van der Waals surface area (Å²) in [5.74, 6) is -10.8. The Hall–Kier alpha value is -7.56. The van der Waals surface area contributed by atoms with Gasteiger partial charge in [0.25, 0.3) is 0 Å². The van der Waals surface area contributed by atoms with E-state index in [1.165, 1.54) is 31.2 Å². The van der Waals surface area contributed by atoms with Crippen molar-refractivity contribution in [2.75, 3.05) is 0 Å². The third-order valence-electron chi connectivity index (χ3n) is 9.81. The van der Waals surface area contributed by atoms with E-state index in [1.54, 1.807) is 30.5 Å². The summed E-state index contributed by atoms with van der Waals surface area (Å²) >= 11 is 0. The summed E-state index contributed by atoms with van der Waals surface area (Å²) in [7, 11) is 0. The Morgan fingerprint density at radius 1 is 0.578 bits per heavy atom. The predicted octanol–water partition coefficient (Wildman–Crippen LogP) is -1.99. The molecule has 346 valence electrons. The van der Waals surface area contributed by atoms with Crippen molar-refractivity contribution in [3.05, 3.63) is 65.9 Å². The van der Waals surface area contributed by atoms with E-state index in [0.29, 0.717) is 22.0 Å². The second-order valence-corrected chi connectivity index (χ2v) is 15.0. The van der Waals surface area contributed by atoms with Crippen molar-refractivity contribution in [1.82, 2.24) is 36.9 Å². The number of amides is 7. The molecule has 2 aromatic carbocycles. The number of aromatic nitrogens is 1. The van der Waals surface area contributed by atoms with Gasteiger partial charge in [-0.3, -0.25) is 47.9 Å². The molecule has 0 radical (unpaired) electrons. The third-order valence-corrected chi connectivity index (χ3v) is 9.81. The maximum Gasteiger partial charge on any atom is 0.325 e. The van der Waals surface area contributed by atoms with Crippen LogP contribution in [0.15, 0.2) is 54.7 Å². The Balaban J connectivity index is 1.85. The standard InChI is InChI=1S/C41H53N9O14/c1-20(35(57)47-29(12-15-33(53)54)38(60)49-28(11-14-32(43)52)37(59)46-21(2)41(63)64)45-40(62)31(18-23-19-44-27-6-4-3-5-25(23)27)50-39(61)30(13-16-34(55)56)48-36(58)26(42)17-22-7-9-24(51)10-8-22/h3-10,19-21,26,28-31,44,51H,11-18,42H2,1-2H3,(H2,43,52)(H,45,62)(H,46,59)(H,47,57)(H,48,58)(H,49,60)(H,50,61)(H,53,54)(H,55,56)(H,63,64)/t20-,21-,26-,28-,29-,30-,31-/m0/s1. The van der Waals surface area contributed by atoms with Crippen LogP contribution in [0.25, 0.3) is 10.9 Å². The van der Waals surface area contributed by atoms with Gasteiger partial charge in [0, 0.05) is 42.8 Å². The van der Waals surface area contributed by atoms with E-state index in [-0.39, 0.29) is 25.0 Å². The molecule has 3 rings (SSSR count). The van der Waals surface area contributed by atoms with Crippen LogP contribution < -0.4 is 43.4 Å². The zero-order chi connectivity index (χ0) is 47.7. The van der Waals surface area contributed by atoms with Gasteiger partial charge in [-0.1, -0.05) is 30.3 Å². The first-order valence-corrected chi connectivity index (χ1v) is 20.0. The molecule has 3 aromatic rings. The molecule has 7 atom stereocenters. The van der Waals surface area contributed by atoms with Gasteiger partial charge in [-0.15, -0.1) is 0 Å². The Kier molecular flexibility index (Phi) is 19.2. The number of aromatic amines is 1. The van der Waals surface area contributed by atoms with Crippen molar-refractivity contribution in [3.63, 3.8) is 0 Å². The monoisotopic (exact) mass is 895 g/mol. The van der Waals surface area contributed by atoms with E-state index < -0.39 is 134 Å². The Morgan fingerprint density at radius 3 is 1.59 bits per heavy atom. The molecule has 0 saturated heterocycles. The first-order valence-electron chi connectivity index (χ1n) is 20.0. The van der Waals surface area contributed by atoms with Gasteiger partial charge in [-0.2, -0.15) is 0 Å². The minimum Gasteiger partial charge on any atom is -0.508 e. The molecule has 1 heterocycles. The number of nitrogens with two attached hydrogens (primary N) is 2. The topological polar surface area (TPSA) is 392 Å². The number of carbonyl (C=O) groups excluding carboxylic acids is 7. The molecule has 1 aromatic heterocycles. The lowest BCUT2D eigenvalue weighted by molar-refractivity contribution is -0.142. The average molecular weight is 896 g/mol. The maximum absolute atomic E-state index is 14.0. The summed E-state index contributed by atoms with van der Waals surface area (Å²) in [6.07, 6.45) is -1.61. The highest BCUT2D eigenvalue weighted by Crippen LogP contribution is 2.20. The number of carboxylic acids is 3. The summed E-state index contributed by atoms with van der Waals surface area (Å²) in [5, 5.41) is 52.4. The molecular formula is C41H53N9O14. The van der Waals surface area contributed by atoms with Gasteiger partial charge in [-0.25, -0.2) is 0 Å². The molecule has 0 fully saturated rings. The maximum atomic E-state index is 14.0. The molecule has 0 aliphatic rings. The van der Waals surface area contributed by atoms with Crippen molar-refractivity contribution < 1.29 is 68.4 Å². The number of aromatic hydroxyl groups is 1. The number of H-pyrrole nitrogens is 1. The Bertz CT molecular complexity index is 2190. The number of fused-ring (bicyclic) bond motifs is 1. The molecule has 0 aliphatic carbocycles. The van der Waals surface area contributed by atoms with Gasteiger partial charge >= 0.3 is 17.9 Å². The SMILES string of the molecule is C[C@H](NC(=O)[C@H](CCC(N)=O)NC(=O)[C@H](CCC(=O)O)NC(=O)[C@H](C)NC(=O)[C@H](Cc1c[nH]c2ccccc12)NC(=O)[C@H](CCC(=O)O)NC(=O)[C@@H](N)Cc1ccc(O)cc1)C(=O)O. The van der Waals surface area contributed by atoms with Gasteiger partial charge in [-0.05, 0) is 68.9 Å². The zero-order valence-corrected chi connectivity index (χ0v) is 34.9. The number of carboxylic acid groups (broad SMARTS) is 3. The molecule has 64 heavy (non-hydrogen) atoms. The number of para-hydroxylation sites is 1. The molecule has 0 bridgehead atoms. The van der Waals surface area contributed by atoms with Crippen molar-refractivity contribution in [3.8, 4) is 5.75 Å². The third kappa shape index (κ3) is 16.4. The average Bonchev–Trinajstić information content (AvgIpc) is 3.64. The van der Waals surface area contributed by atoms with E-state index in [4.69, 9.17) is 11.5 Å². The number of phenolic OH excluding ortho intramolecular Hbond substituents is 1. The first kappa shape index (κ1) is 50.8.